The molecule has 1 fully saturated rings. The Kier molecular flexibility index (Phi) is 3.12. The quantitative estimate of drug-likeness (QED) is 0.765. The molecule has 0 bridgehead atoms. The lowest BCUT2D eigenvalue weighted by Crippen LogP contribution is -2.36. The smallest absolute Gasteiger partial charge is 0.200 e. The summed E-state index contributed by atoms with van der Waals surface area (Å²) >= 11 is 0. The molecular formula is C15H16N6O. The Morgan fingerprint density at radius 2 is 2.00 bits per heavy atom. The zero-order valence-electron chi connectivity index (χ0n) is 12.0. The largest absolute Gasteiger partial charge is 0.384 e. The molecule has 3 aromatic heterocycles. The zero-order valence-corrected chi connectivity index (χ0v) is 12.0. The van der Waals surface area contributed by atoms with Crippen LogP contribution in [0.15, 0.2) is 36.5 Å². The number of ether oxygens (including phenoxy) is 1. The summed E-state index contributed by atoms with van der Waals surface area (Å²) in [5.74, 6) is 1.14. The summed E-state index contributed by atoms with van der Waals surface area (Å²) < 4.78 is 7.03. The highest BCUT2D eigenvalue weighted by molar-refractivity contribution is 5.65. The topological polar surface area (TPSA) is 81.6 Å². The molecule has 0 aliphatic carbocycles. The first kappa shape index (κ1) is 13.0. The molecule has 1 saturated heterocycles. The lowest BCUT2D eigenvalue weighted by Gasteiger charge is -2.28. The predicted octanol–water partition coefficient (Wildman–Crippen LogP) is 1.21. The van der Waals surface area contributed by atoms with Crippen LogP contribution in [0.4, 0.5) is 11.5 Å². The van der Waals surface area contributed by atoms with Crippen molar-refractivity contribution in [3.8, 4) is 11.5 Å². The molecule has 1 aliphatic rings. The Hall–Kier alpha value is -2.67. The number of anilines is 2. The average Bonchev–Trinajstić information content (AvgIpc) is 3.01. The molecule has 0 aromatic carbocycles. The predicted molar refractivity (Wildman–Crippen MR) is 83.7 cm³/mol. The number of rotatable bonds is 2. The minimum atomic E-state index is 0.564. The van der Waals surface area contributed by atoms with Crippen molar-refractivity contribution in [2.45, 2.75) is 0 Å². The normalized spacial score (nSPS) is 15.4. The van der Waals surface area contributed by atoms with Gasteiger partial charge in [0.25, 0.3) is 0 Å². The van der Waals surface area contributed by atoms with Crippen molar-refractivity contribution in [3.63, 3.8) is 0 Å². The molecule has 4 rings (SSSR count). The van der Waals surface area contributed by atoms with E-state index in [1.54, 1.807) is 10.7 Å². The van der Waals surface area contributed by atoms with Crippen LogP contribution in [0.3, 0.4) is 0 Å². The standard InChI is InChI=1S/C15H16N6O/c16-13-9-11(20-5-7-22-8-6-20)10-14-18-15(19-21(13)14)12-3-1-2-4-17-12/h1-4,9-10H,5-8,16H2. The van der Waals surface area contributed by atoms with Crippen LogP contribution in [-0.2, 0) is 4.74 Å². The molecule has 7 heteroatoms. The van der Waals surface area contributed by atoms with E-state index in [-0.39, 0.29) is 0 Å². The summed E-state index contributed by atoms with van der Waals surface area (Å²) in [7, 11) is 0. The van der Waals surface area contributed by atoms with E-state index in [0.29, 0.717) is 11.6 Å². The van der Waals surface area contributed by atoms with Crippen molar-refractivity contribution in [2.75, 3.05) is 36.9 Å². The molecule has 3 aromatic rings. The Morgan fingerprint density at radius 1 is 1.14 bits per heavy atom. The molecular weight excluding hydrogens is 280 g/mol. The van der Waals surface area contributed by atoms with Crippen molar-refractivity contribution in [1.82, 2.24) is 19.6 Å². The molecule has 1 aliphatic heterocycles. The molecule has 0 saturated carbocycles. The van der Waals surface area contributed by atoms with E-state index in [2.05, 4.69) is 20.0 Å². The molecule has 4 heterocycles. The van der Waals surface area contributed by atoms with Gasteiger partial charge in [-0.15, -0.1) is 5.10 Å². The third kappa shape index (κ3) is 2.25. The highest BCUT2D eigenvalue weighted by Crippen LogP contribution is 2.23. The second-order valence-corrected chi connectivity index (χ2v) is 5.16. The van der Waals surface area contributed by atoms with Gasteiger partial charge in [0, 0.05) is 37.1 Å². The number of fused-ring (bicyclic) bond motifs is 1. The fraction of sp³-hybridized carbons (Fsp3) is 0.267. The van der Waals surface area contributed by atoms with Gasteiger partial charge in [0.2, 0.25) is 5.82 Å². The van der Waals surface area contributed by atoms with Gasteiger partial charge in [-0.2, -0.15) is 4.52 Å². The van der Waals surface area contributed by atoms with E-state index in [9.17, 15) is 0 Å². The third-order valence-corrected chi connectivity index (χ3v) is 3.72. The number of morpholine rings is 1. The van der Waals surface area contributed by atoms with Gasteiger partial charge in [-0.25, -0.2) is 4.98 Å². The number of nitrogen functional groups attached to an aromatic ring is 1. The van der Waals surface area contributed by atoms with Gasteiger partial charge >= 0.3 is 0 Å². The van der Waals surface area contributed by atoms with E-state index in [1.807, 2.05) is 30.3 Å². The lowest BCUT2D eigenvalue weighted by atomic mass is 10.3. The van der Waals surface area contributed by atoms with Crippen LogP contribution in [0.1, 0.15) is 0 Å². The molecule has 2 N–H and O–H groups in total. The molecule has 22 heavy (non-hydrogen) atoms. The SMILES string of the molecule is Nc1cc(N2CCOCC2)cc2nc(-c3ccccn3)nn12. The van der Waals surface area contributed by atoms with Gasteiger partial charge < -0.3 is 15.4 Å². The van der Waals surface area contributed by atoms with Crippen LogP contribution >= 0.6 is 0 Å². The van der Waals surface area contributed by atoms with Crippen molar-refractivity contribution >= 4 is 17.2 Å². The second-order valence-electron chi connectivity index (χ2n) is 5.16. The fourth-order valence-corrected chi connectivity index (χ4v) is 2.60. The van der Waals surface area contributed by atoms with Gasteiger partial charge in [0.1, 0.15) is 11.5 Å². The van der Waals surface area contributed by atoms with Crippen molar-refractivity contribution in [3.05, 3.63) is 36.5 Å². The maximum Gasteiger partial charge on any atom is 0.200 e. The zero-order chi connectivity index (χ0) is 14.9. The molecule has 0 unspecified atom stereocenters. The van der Waals surface area contributed by atoms with E-state index in [1.165, 1.54) is 0 Å². The molecule has 112 valence electrons. The summed E-state index contributed by atoms with van der Waals surface area (Å²) in [6.45, 7) is 3.18. The summed E-state index contributed by atoms with van der Waals surface area (Å²) in [5, 5.41) is 4.44. The van der Waals surface area contributed by atoms with E-state index in [4.69, 9.17) is 10.5 Å². The molecule has 7 nitrogen and oxygen atoms in total. The van der Waals surface area contributed by atoms with E-state index >= 15 is 0 Å². The minimum Gasteiger partial charge on any atom is -0.384 e. The first-order valence-corrected chi connectivity index (χ1v) is 7.22. The van der Waals surface area contributed by atoms with Crippen molar-refractivity contribution < 1.29 is 4.74 Å². The Labute approximate surface area is 127 Å². The first-order chi connectivity index (χ1) is 10.8. The maximum absolute atomic E-state index is 6.14. The summed E-state index contributed by atoms with van der Waals surface area (Å²) in [5.41, 5.74) is 8.65. The number of nitrogens with two attached hydrogens (primary N) is 1. The first-order valence-electron chi connectivity index (χ1n) is 7.22. The molecule has 0 atom stereocenters. The Morgan fingerprint density at radius 3 is 2.77 bits per heavy atom. The van der Waals surface area contributed by atoms with Gasteiger partial charge in [-0.3, -0.25) is 4.98 Å². The van der Waals surface area contributed by atoms with Crippen LogP contribution in [0.2, 0.25) is 0 Å². The average molecular weight is 296 g/mol. The van der Waals surface area contributed by atoms with Gasteiger partial charge in [0.15, 0.2) is 5.65 Å². The minimum absolute atomic E-state index is 0.564. The number of nitrogens with zero attached hydrogens (tertiary/aromatic N) is 5. The number of aromatic nitrogens is 4. The third-order valence-electron chi connectivity index (χ3n) is 3.72. The molecule has 0 spiro atoms. The number of hydrogen-bond acceptors (Lipinski definition) is 6. The fourth-order valence-electron chi connectivity index (χ4n) is 2.60. The van der Waals surface area contributed by atoms with Crippen LogP contribution < -0.4 is 10.6 Å². The van der Waals surface area contributed by atoms with Crippen LogP contribution in [0, 0.1) is 0 Å². The lowest BCUT2D eigenvalue weighted by molar-refractivity contribution is 0.122. The Balaban J connectivity index is 1.77. The van der Waals surface area contributed by atoms with Gasteiger partial charge in [0.05, 0.1) is 13.2 Å². The highest BCUT2D eigenvalue weighted by Gasteiger charge is 2.15. The summed E-state index contributed by atoms with van der Waals surface area (Å²) in [6, 6.07) is 9.59. The summed E-state index contributed by atoms with van der Waals surface area (Å²) in [6.07, 6.45) is 1.73. The molecule has 0 amide bonds. The van der Waals surface area contributed by atoms with E-state index < -0.39 is 0 Å². The van der Waals surface area contributed by atoms with Crippen LogP contribution in [-0.4, -0.2) is 45.9 Å². The second kappa shape index (κ2) is 5.27. The van der Waals surface area contributed by atoms with Crippen LogP contribution in [0.25, 0.3) is 17.2 Å². The van der Waals surface area contributed by atoms with Gasteiger partial charge in [-0.1, -0.05) is 6.07 Å². The number of hydrogen-bond donors (Lipinski definition) is 1. The maximum atomic E-state index is 6.14. The van der Waals surface area contributed by atoms with Crippen molar-refractivity contribution in [1.29, 1.82) is 0 Å². The van der Waals surface area contributed by atoms with Gasteiger partial charge in [-0.05, 0) is 12.1 Å². The highest BCUT2D eigenvalue weighted by atomic mass is 16.5. The summed E-state index contributed by atoms with van der Waals surface area (Å²) in [4.78, 5) is 11.1. The monoisotopic (exact) mass is 296 g/mol. The van der Waals surface area contributed by atoms with Crippen molar-refractivity contribution in [2.24, 2.45) is 0 Å². The molecule has 0 radical (unpaired) electrons. The number of pyridine rings is 2. The van der Waals surface area contributed by atoms with Crippen LogP contribution in [0.5, 0.6) is 0 Å². The Bertz CT molecular complexity index is 794. The van der Waals surface area contributed by atoms with E-state index in [0.717, 1.165) is 43.3 Å².